The molecule has 28 heavy (non-hydrogen) atoms. The summed E-state index contributed by atoms with van der Waals surface area (Å²) in [5, 5.41) is 8.34. The first-order chi connectivity index (χ1) is 13.3. The molecule has 0 aromatic heterocycles. The van der Waals surface area contributed by atoms with Crippen molar-refractivity contribution in [3.05, 3.63) is 107 Å². The van der Waals surface area contributed by atoms with Gasteiger partial charge in [0, 0.05) is 12.0 Å². The quantitative estimate of drug-likeness (QED) is 0.638. The molecule has 0 aliphatic rings. The lowest BCUT2D eigenvalue weighted by molar-refractivity contribution is -0.136. The van der Waals surface area contributed by atoms with Gasteiger partial charge in [0.2, 0.25) is 0 Å². The monoisotopic (exact) mass is 386 g/mol. The molecule has 0 saturated heterocycles. The summed E-state index contributed by atoms with van der Waals surface area (Å²) in [6.07, 6.45) is 0.131. The summed E-state index contributed by atoms with van der Waals surface area (Å²) < 4.78 is 37.6. The highest BCUT2D eigenvalue weighted by atomic mass is 19.1. The predicted molar refractivity (Wildman–Crippen MR) is 98.6 cm³/mol. The number of hydrogen-bond donors (Lipinski definition) is 1. The molecule has 0 heterocycles. The van der Waals surface area contributed by atoms with Crippen LogP contribution >= 0.6 is 0 Å². The third kappa shape index (κ3) is 7.07. The Labute approximate surface area is 160 Å². The van der Waals surface area contributed by atoms with Crippen molar-refractivity contribution in [3.8, 4) is 0 Å². The summed E-state index contributed by atoms with van der Waals surface area (Å²) >= 11 is 0. The van der Waals surface area contributed by atoms with Crippen LogP contribution in [0.5, 0.6) is 0 Å². The van der Waals surface area contributed by atoms with Crippen molar-refractivity contribution in [1.29, 1.82) is 0 Å². The van der Waals surface area contributed by atoms with E-state index in [0.29, 0.717) is 11.1 Å². The number of Topliss-reactive ketones (excluding diaryl/α,β-unsaturated/α-hetero) is 1. The van der Waals surface area contributed by atoms with E-state index in [4.69, 9.17) is 5.11 Å². The molecular formula is C22H17F3O3. The molecular weight excluding hydrogens is 369 g/mol. The second-order valence-corrected chi connectivity index (χ2v) is 5.93. The Morgan fingerprint density at radius 3 is 1.36 bits per heavy atom. The maximum Gasteiger partial charge on any atom is 0.307 e. The van der Waals surface area contributed by atoms with Crippen LogP contribution in [0.15, 0.2) is 72.8 Å². The van der Waals surface area contributed by atoms with Gasteiger partial charge in [-0.1, -0.05) is 24.3 Å². The summed E-state index contributed by atoms with van der Waals surface area (Å²) in [4.78, 5) is 22.0. The van der Waals surface area contributed by atoms with Crippen LogP contribution in [0.4, 0.5) is 13.2 Å². The number of carboxylic acid groups (broad SMARTS) is 1. The molecule has 0 saturated carbocycles. The Balaban J connectivity index is 0.000000221. The van der Waals surface area contributed by atoms with Crippen molar-refractivity contribution in [2.24, 2.45) is 0 Å². The first-order valence-corrected chi connectivity index (χ1v) is 8.33. The highest BCUT2D eigenvalue weighted by molar-refractivity contribution is 5.97. The highest BCUT2D eigenvalue weighted by Gasteiger charge is 2.07. The van der Waals surface area contributed by atoms with Gasteiger partial charge < -0.3 is 5.11 Å². The largest absolute Gasteiger partial charge is 0.481 e. The van der Waals surface area contributed by atoms with Crippen molar-refractivity contribution in [1.82, 2.24) is 0 Å². The fourth-order valence-electron chi connectivity index (χ4n) is 2.30. The van der Waals surface area contributed by atoms with E-state index in [2.05, 4.69) is 0 Å². The second kappa shape index (κ2) is 10.1. The molecule has 0 bridgehead atoms. The lowest BCUT2D eigenvalue weighted by Gasteiger charge is -2.01. The first-order valence-electron chi connectivity index (χ1n) is 8.33. The molecule has 3 aromatic rings. The van der Waals surface area contributed by atoms with Crippen LogP contribution in [0.3, 0.4) is 0 Å². The van der Waals surface area contributed by atoms with Crippen molar-refractivity contribution in [3.63, 3.8) is 0 Å². The van der Waals surface area contributed by atoms with Gasteiger partial charge in [0.05, 0.1) is 6.42 Å². The van der Waals surface area contributed by atoms with Crippen LogP contribution in [0.1, 0.15) is 21.5 Å². The fraction of sp³-hybridized carbons (Fsp3) is 0.0909. The molecule has 0 aliphatic heterocycles. The third-order valence-electron chi connectivity index (χ3n) is 3.71. The summed E-state index contributed by atoms with van der Waals surface area (Å²) in [6, 6.07) is 16.6. The molecule has 0 atom stereocenters. The van der Waals surface area contributed by atoms with E-state index >= 15 is 0 Å². The van der Waals surface area contributed by atoms with Gasteiger partial charge in [0.15, 0.2) is 5.78 Å². The molecule has 0 aliphatic carbocycles. The predicted octanol–water partition coefficient (Wildman–Crippen LogP) is 4.84. The number of hydrogen-bond acceptors (Lipinski definition) is 2. The average molecular weight is 386 g/mol. The van der Waals surface area contributed by atoms with Gasteiger partial charge in [0.25, 0.3) is 0 Å². The summed E-state index contributed by atoms with van der Waals surface area (Å²) in [5.41, 5.74) is 1.80. The Bertz CT molecular complexity index is 919. The lowest BCUT2D eigenvalue weighted by atomic mass is 10.0. The van der Waals surface area contributed by atoms with Gasteiger partial charge in [-0.05, 0) is 59.7 Å². The molecule has 144 valence electrons. The number of ketones is 1. The number of aliphatic carboxylic acids is 1. The van der Waals surface area contributed by atoms with Crippen molar-refractivity contribution >= 4 is 11.8 Å². The number of carbonyl (C=O) groups is 2. The Morgan fingerprint density at radius 1 is 0.607 bits per heavy atom. The van der Waals surface area contributed by atoms with E-state index in [1.807, 2.05) is 0 Å². The van der Waals surface area contributed by atoms with Gasteiger partial charge in [-0.2, -0.15) is 0 Å². The average Bonchev–Trinajstić information content (AvgIpc) is 2.66. The number of benzene rings is 3. The Hall–Kier alpha value is -3.41. The van der Waals surface area contributed by atoms with Gasteiger partial charge in [-0.25, -0.2) is 13.2 Å². The van der Waals surface area contributed by atoms with Crippen molar-refractivity contribution in [2.45, 2.75) is 12.8 Å². The molecule has 3 aromatic carbocycles. The fourth-order valence-corrected chi connectivity index (χ4v) is 2.30. The minimum atomic E-state index is -0.906. The van der Waals surface area contributed by atoms with Crippen LogP contribution in [0.25, 0.3) is 0 Å². The van der Waals surface area contributed by atoms with Gasteiger partial charge >= 0.3 is 5.97 Å². The molecule has 0 unspecified atom stereocenters. The zero-order valence-electron chi connectivity index (χ0n) is 14.7. The van der Waals surface area contributed by atoms with Crippen LogP contribution in [0.2, 0.25) is 0 Å². The summed E-state index contributed by atoms with van der Waals surface area (Å²) in [7, 11) is 0. The highest BCUT2D eigenvalue weighted by Crippen LogP contribution is 2.09. The number of halogens is 3. The molecule has 0 amide bonds. The topological polar surface area (TPSA) is 54.4 Å². The molecule has 1 N–H and O–H groups in total. The van der Waals surface area contributed by atoms with E-state index in [0.717, 1.165) is 5.56 Å². The number of rotatable bonds is 5. The van der Waals surface area contributed by atoms with Crippen LogP contribution < -0.4 is 0 Å². The lowest BCUT2D eigenvalue weighted by Crippen LogP contribution is -2.03. The Morgan fingerprint density at radius 2 is 0.964 bits per heavy atom. The standard InChI is InChI=1S/C14H10F2O.C8H7FO2/c15-12-5-1-10(2-6-12)9-14(17)11-3-7-13(16)8-4-11;9-7-3-1-6(2-4-7)5-8(10)11/h1-8H,9H2;1-4H,5H2,(H,10,11). The number of carbonyl (C=O) groups excluding carboxylic acids is 1. The van der Waals surface area contributed by atoms with E-state index in [9.17, 15) is 22.8 Å². The van der Waals surface area contributed by atoms with E-state index in [1.165, 1.54) is 60.7 Å². The minimum absolute atomic E-state index is 0.0553. The van der Waals surface area contributed by atoms with Gasteiger partial charge in [-0.3, -0.25) is 9.59 Å². The SMILES string of the molecule is O=C(Cc1ccc(F)cc1)c1ccc(F)cc1.O=C(O)Cc1ccc(F)cc1. The van der Waals surface area contributed by atoms with Crippen molar-refractivity contribution < 1.29 is 27.9 Å². The smallest absolute Gasteiger partial charge is 0.307 e. The molecule has 0 radical (unpaired) electrons. The second-order valence-electron chi connectivity index (χ2n) is 5.93. The molecule has 3 rings (SSSR count). The van der Waals surface area contributed by atoms with Crippen LogP contribution in [0, 0.1) is 17.5 Å². The van der Waals surface area contributed by atoms with E-state index < -0.39 is 5.97 Å². The van der Waals surface area contributed by atoms with Gasteiger partial charge in [-0.15, -0.1) is 0 Å². The third-order valence-corrected chi connectivity index (χ3v) is 3.71. The maximum atomic E-state index is 12.7. The normalized spacial score (nSPS) is 9.96. The molecule has 6 heteroatoms. The van der Waals surface area contributed by atoms with Crippen molar-refractivity contribution in [2.75, 3.05) is 0 Å². The zero-order valence-corrected chi connectivity index (χ0v) is 14.7. The molecule has 0 spiro atoms. The Kier molecular flexibility index (Phi) is 7.51. The number of carboxylic acids is 1. The minimum Gasteiger partial charge on any atom is -0.481 e. The zero-order chi connectivity index (χ0) is 20.5. The molecule has 0 fully saturated rings. The maximum absolute atomic E-state index is 12.7. The summed E-state index contributed by atoms with van der Waals surface area (Å²) in [5.74, 6) is -2.07. The summed E-state index contributed by atoms with van der Waals surface area (Å²) in [6.45, 7) is 0. The van der Waals surface area contributed by atoms with E-state index in [1.54, 1.807) is 12.1 Å². The molecule has 3 nitrogen and oxygen atoms in total. The van der Waals surface area contributed by atoms with Gasteiger partial charge in [0.1, 0.15) is 17.5 Å². The van der Waals surface area contributed by atoms with Crippen LogP contribution in [-0.2, 0) is 17.6 Å². The first kappa shape index (κ1) is 20.9. The van der Waals surface area contributed by atoms with E-state index in [-0.39, 0.29) is 36.1 Å². The van der Waals surface area contributed by atoms with Crippen LogP contribution in [-0.4, -0.2) is 16.9 Å².